The average Bonchev–Trinajstić information content (AvgIpc) is 2.60. The topological polar surface area (TPSA) is 45.5 Å². The maximum Gasteiger partial charge on any atom is 0.148 e. The van der Waals surface area contributed by atoms with Crippen LogP contribution in [0.2, 0.25) is 0 Å². The molecule has 0 saturated carbocycles. The number of ether oxygens (including phenoxy) is 1. The Bertz CT molecular complexity index is 724. The minimum absolute atomic E-state index is 0. The van der Waals surface area contributed by atoms with Crippen molar-refractivity contribution in [3.63, 3.8) is 0 Å². The molecule has 0 aromatic heterocycles. The molecule has 5 heteroatoms. The third-order valence-corrected chi connectivity index (χ3v) is 3.79. The van der Waals surface area contributed by atoms with Crippen molar-refractivity contribution in [2.45, 2.75) is 34.2 Å². The molecular formula is C21H27FN2O2. The van der Waals surface area contributed by atoms with Gasteiger partial charge in [-0.05, 0) is 42.2 Å². The summed E-state index contributed by atoms with van der Waals surface area (Å²) in [5.74, 6) is 0.947. The molecule has 0 bridgehead atoms. The minimum Gasteiger partial charge on any atom is -0.456 e. The first-order chi connectivity index (χ1) is 12.0. The molecule has 0 aliphatic rings. The van der Waals surface area contributed by atoms with Crippen LogP contribution in [-0.4, -0.2) is 18.7 Å². The van der Waals surface area contributed by atoms with Gasteiger partial charge in [0.15, 0.2) is 0 Å². The maximum absolute atomic E-state index is 13.4. The van der Waals surface area contributed by atoms with Crippen LogP contribution in [-0.2, 0) is 11.4 Å². The Morgan fingerprint density at radius 1 is 1.15 bits per heavy atom. The van der Waals surface area contributed by atoms with Gasteiger partial charge in [-0.1, -0.05) is 33.4 Å². The Kier molecular flexibility index (Phi) is 8.77. The van der Waals surface area contributed by atoms with Gasteiger partial charge in [0.25, 0.3) is 0 Å². The minimum atomic E-state index is -0.438. The summed E-state index contributed by atoms with van der Waals surface area (Å²) in [4.78, 5) is 5.40. The van der Waals surface area contributed by atoms with Crippen LogP contribution in [0.25, 0.3) is 0 Å². The van der Waals surface area contributed by atoms with E-state index in [1.807, 2.05) is 23.3 Å². The van der Waals surface area contributed by atoms with Gasteiger partial charge >= 0.3 is 0 Å². The van der Waals surface area contributed by atoms with Gasteiger partial charge in [0, 0.05) is 19.2 Å². The number of hydroxylamine groups is 2. The molecule has 0 saturated heterocycles. The van der Waals surface area contributed by atoms with Crippen molar-refractivity contribution in [1.29, 1.82) is 5.26 Å². The van der Waals surface area contributed by atoms with E-state index in [1.54, 1.807) is 19.2 Å². The SMILES string of the molecule is C.CON(CCC(C)C)Cc1ccc(Oc2cc(F)ccc2C#N)cc1. The number of rotatable bonds is 8. The maximum atomic E-state index is 13.4. The van der Waals surface area contributed by atoms with Gasteiger partial charge in [-0.25, -0.2) is 4.39 Å². The third kappa shape index (κ3) is 6.47. The van der Waals surface area contributed by atoms with Crippen LogP contribution in [0.3, 0.4) is 0 Å². The van der Waals surface area contributed by atoms with Crippen molar-refractivity contribution < 1.29 is 14.0 Å². The number of hydrogen-bond donors (Lipinski definition) is 0. The first-order valence-corrected chi connectivity index (χ1v) is 8.27. The summed E-state index contributed by atoms with van der Waals surface area (Å²) in [6, 6.07) is 13.3. The van der Waals surface area contributed by atoms with Gasteiger partial charge in [0.05, 0.1) is 12.7 Å². The van der Waals surface area contributed by atoms with Crippen molar-refractivity contribution in [1.82, 2.24) is 5.06 Å². The molecule has 2 aromatic carbocycles. The second-order valence-corrected chi connectivity index (χ2v) is 6.23. The largest absolute Gasteiger partial charge is 0.456 e. The molecule has 2 rings (SSSR count). The molecule has 26 heavy (non-hydrogen) atoms. The molecule has 0 N–H and O–H groups in total. The molecule has 0 amide bonds. The van der Waals surface area contributed by atoms with Crippen molar-refractivity contribution in [2.75, 3.05) is 13.7 Å². The monoisotopic (exact) mass is 358 g/mol. The predicted molar refractivity (Wildman–Crippen MR) is 101 cm³/mol. The van der Waals surface area contributed by atoms with Crippen LogP contribution in [0, 0.1) is 23.1 Å². The molecule has 0 atom stereocenters. The smallest absolute Gasteiger partial charge is 0.148 e. The van der Waals surface area contributed by atoms with Gasteiger partial charge in [0.1, 0.15) is 23.4 Å². The number of halogens is 1. The van der Waals surface area contributed by atoms with Crippen LogP contribution in [0.5, 0.6) is 11.5 Å². The quantitative estimate of drug-likeness (QED) is 0.582. The molecule has 0 radical (unpaired) electrons. The Balaban J connectivity index is 0.00000338. The van der Waals surface area contributed by atoms with Crippen LogP contribution in [0.4, 0.5) is 4.39 Å². The first-order valence-electron chi connectivity index (χ1n) is 8.27. The Morgan fingerprint density at radius 2 is 1.85 bits per heavy atom. The zero-order valence-corrected chi connectivity index (χ0v) is 14.8. The van der Waals surface area contributed by atoms with Gasteiger partial charge in [0.2, 0.25) is 0 Å². The lowest BCUT2D eigenvalue weighted by Crippen LogP contribution is -2.24. The van der Waals surface area contributed by atoms with Crippen molar-refractivity contribution in [3.05, 3.63) is 59.4 Å². The molecule has 0 heterocycles. The standard InChI is InChI=1S/C20H23FN2O2.CH4/c1-15(2)10-11-23(24-3)14-16-4-8-19(9-5-16)25-20-12-18(21)7-6-17(20)13-22;/h4-9,12,15H,10-11,14H2,1-3H3;1H4. The zero-order chi connectivity index (χ0) is 18.2. The van der Waals surface area contributed by atoms with Crippen LogP contribution in [0.1, 0.15) is 38.8 Å². The highest BCUT2D eigenvalue weighted by Gasteiger charge is 2.09. The lowest BCUT2D eigenvalue weighted by molar-refractivity contribution is -0.140. The lowest BCUT2D eigenvalue weighted by atomic mass is 10.1. The van der Waals surface area contributed by atoms with Crippen LogP contribution in [0.15, 0.2) is 42.5 Å². The second kappa shape index (κ2) is 10.5. The van der Waals surface area contributed by atoms with E-state index in [2.05, 4.69) is 13.8 Å². The molecule has 140 valence electrons. The van der Waals surface area contributed by atoms with Gasteiger partial charge < -0.3 is 9.57 Å². The van der Waals surface area contributed by atoms with Gasteiger partial charge in [-0.15, -0.1) is 0 Å². The predicted octanol–water partition coefficient (Wildman–Crippen LogP) is 5.54. The normalized spacial score (nSPS) is 10.5. The van der Waals surface area contributed by atoms with Gasteiger partial charge in [-0.2, -0.15) is 10.3 Å². The van der Waals surface area contributed by atoms with Crippen LogP contribution >= 0.6 is 0 Å². The fraction of sp³-hybridized carbons (Fsp3) is 0.381. The number of hydrogen-bond acceptors (Lipinski definition) is 4. The molecule has 0 fully saturated rings. The summed E-state index contributed by atoms with van der Waals surface area (Å²) in [6.45, 7) is 5.90. The summed E-state index contributed by atoms with van der Waals surface area (Å²) in [5, 5.41) is 11.0. The molecule has 0 unspecified atom stereocenters. The molecule has 0 aliphatic heterocycles. The summed E-state index contributed by atoms with van der Waals surface area (Å²) in [5.41, 5.74) is 1.38. The Labute approximate surface area is 155 Å². The molecule has 0 aliphatic carbocycles. The third-order valence-electron chi connectivity index (χ3n) is 3.79. The fourth-order valence-electron chi connectivity index (χ4n) is 2.30. The highest BCUT2D eigenvalue weighted by atomic mass is 19.1. The molecule has 0 spiro atoms. The number of nitrogens with zero attached hydrogens (tertiary/aromatic N) is 2. The Morgan fingerprint density at radius 3 is 2.42 bits per heavy atom. The average molecular weight is 358 g/mol. The fourth-order valence-corrected chi connectivity index (χ4v) is 2.30. The molecule has 4 nitrogen and oxygen atoms in total. The van der Waals surface area contributed by atoms with Crippen LogP contribution < -0.4 is 4.74 Å². The Hall–Kier alpha value is -2.42. The summed E-state index contributed by atoms with van der Waals surface area (Å²) >= 11 is 0. The van der Waals surface area contributed by atoms with Crippen molar-refractivity contribution in [3.8, 4) is 17.6 Å². The summed E-state index contributed by atoms with van der Waals surface area (Å²) < 4.78 is 19.0. The van der Waals surface area contributed by atoms with Gasteiger partial charge in [-0.3, -0.25) is 0 Å². The van der Waals surface area contributed by atoms with Crippen molar-refractivity contribution in [2.24, 2.45) is 5.92 Å². The van der Waals surface area contributed by atoms with E-state index < -0.39 is 5.82 Å². The summed E-state index contributed by atoms with van der Waals surface area (Å²) in [6.07, 6.45) is 1.06. The van der Waals surface area contributed by atoms with Crippen molar-refractivity contribution >= 4 is 0 Å². The summed E-state index contributed by atoms with van der Waals surface area (Å²) in [7, 11) is 1.67. The van der Waals surface area contributed by atoms with E-state index in [1.165, 1.54) is 18.2 Å². The van der Waals surface area contributed by atoms with E-state index in [0.29, 0.717) is 23.8 Å². The van der Waals surface area contributed by atoms with E-state index in [9.17, 15) is 4.39 Å². The molecular weight excluding hydrogens is 331 g/mol. The first kappa shape index (κ1) is 21.6. The van der Waals surface area contributed by atoms with E-state index in [-0.39, 0.29) is 13.2 Å². The highest BCUT2D eigenvalue weighted by molar-refractivity contribution is 5.45. The number of benzene rings is 2. The zero-order valence-electron chi connectivity index (χ0n) is 14.8. The van der Waals surface area contributed by atoms with E-state index in [4.69, 9.17) is 14.8 Å². The number of nitriles is 1. The second-order valence-electron chi connectivity index (χ2n) is 6.23. The lowest BCUT2D eigenvalue weighted by Gasteiger charge is -2.20. The van der Waals surface area contributed by atoms with E-state index >= 15 is 0 Å². The van der Waals surface area contributed by atoms with E-state index in [0.717, 1.165) is 18.5 Å². The molecule has 2 aromatic rings. The highest BCUT2D eigenvalue weighted by Crippen LogP contribution is 2.26.